The van der Waals surface area contributed by atoms with E-state index in [0.717, 1.165) is 16.7 Å². The Morgan fingerprint density at radius 3 is 2.47 bits per heavy atom. The summed E-state index contributed by atoms with van der Waals surface area (Å²) < 4.78 is 35.9. The molecule has 0 radical (unpaired) electrons. The van der Waals surface area contributed by atoms with Gasteiger partial charge in [0.15, 0.2) is 5.75 Å². The van der Waals surface area contributed by atoms with Gasteiger partial charge in [-0.1, -0.05) is 42.0 Å². The highest BCUT2D eigenvalue weighted by molar-refractivity contribution is 7.87. The lowest BCUT2D eigenvalue weighted by Crippen LogP contribution is -2.20. The molecule has 0 heterocycles. The van der Waals surface area contributed by atoms with Crippen LogP contribution in [0.4, 0.5) is 0 Å². The van der Waals surface area contributed by atoms with Gasteiger partial charge in [-0.2, -0.15) is 13.5 Å². The van der Waals surface area contributed by atoms with Gasteiger partial charge in [0.1, 0.15) is 10.6 Å². The fraction of sp³-hybridized carbons (Fsp3) is 0.167. The molecule has 0 aliphatic carbocycles. The number of ether oxygens (including phenoxy) is 1. The number of carbonyl (C=O) groups excluding carboxylic acids is 1. The summed E-state index contributed by atoms with van der Waals surface area (Å²) in [4.78, 5) is 12.3. The van der Waals surface area contributed by atoms with Crippen molar-refractivity contribution < 1.29 is 22.1 Å². The molecule has 0 saturated carbocycles. The molecule has 3 aromatic carbocycles. The number of methoxy groups -OCH3 is 1. The minimum atomic E-state index is -4.02. The van der Waals surface area contributed by atoms with E-state index in [4.69, 9.17) is 8.92 Å². The molecule has 166 valence electrons. The van der Waals surface area contributed by atoms with Crippen LogP contribution in [-0.2, 0) is 21.3 Å². The maximum absolute atomic E-state index is 12.7. The van der Waals surface area contributed by atoms with E-state index in [-0.39, 0.29) is 23.0 Å². The molecule has 0 aliphatic heterocycles. The van der Waals surface area contributed by atoms with E-state index in [1.807, 2.05) is 13.0 Å². The van der Waals surface area contributed by atoms with Crippen LogP contribution in [0.15, 0.2) is 76.7 Å². The number of carbonyl (C=O) groups is 1. The SMILES string of the molecule is COc1cccc(CC(=O)N/N=C/c2c(C)cccc2OS(=O)(=O)c2ccc(C)cc2)c1. The maximum Gasteiger partial charge on any atom is 0.339 e. The van der Waals surface area contributed by atoms with E-state index < -0.39 is 10.1 Å². The van der Waals surface area contributed by atoms with Gasteiger partial charge in [-0.05, 0) is 55.3 Å². The minimum Gasteiger partial charge on any atom is -0.497 e. The molecule has 32 heavy (non-hydrogen) atoms. The van der Waals surface area contributed by atoms with Crippen molar-refractivity contribution in [2.24, 2.45) is 5.10 Å². The molecule has 3 aromatic rings. The number of hydrazone groups is 1. The van der Waals surface area contributed by atoms with Crippen LogP contribution in [0.3, 0.4) is 0 Å². The molecule has 0 aromatic heterocycles. The fourth-order valence-corrected chi connectivity index (χ4v) is 3.89. The van der Waals surface area contributed by atoms with E-state index in [1.165, 1.54) is 24.4 Å². The third-order valence-corrected chi connectivity index (χ3v) is 5.92. The van der Waals surface area contributed by atoms with Gasteiger partial charge in [-0.15, -0.1) is 0 Å². The van der Waals surface area contributed by atoms with Gasteiger partial charge < -0.3 is 8.92 Å². The van der Waals surface area contributed by atoms with E-state index >= 15 is 0 Å². The molecule has 0 fully saturated rings. The smallest absolute Gasteiger partial charge is 0.339 e. The zero-order valence-corrected chi connectivity index (χ0v) is 18.8. The number of hydrogen-bond acceptors (Lipinski definition) is 6. The van der Waals surface area contributed by atoms with Gasteiger partial charge in [0.05, 0.1) is 19.7 Å². The van der Waals surface area contributed by atoms with Crippen molar-refractivity contribution in [1.82, 2.24) is 5.43 Å². The van der Waals surface area contributed by atoms with Gasteiger partial charge in [0.2, 0.25) is 5.91 Å². The first-order valence-electron chi connectivity index (χ1n) is 9.84. The first kappa shape index (κ1) is 23.0. The zero-order chi connectivity index (χ0) is 23.1. The minimum absolute atomic E-state index is 0.0547. The first-order chi connectivity index (χ1) is 15.3. The molecule has 0 aliphatic rings. The number of rotatable bonds is 8. The number of aryl methyl sites for hydroxylation is 2. The molecule has 0 saturated heterocycles. The van der Waals surface area contributed by atoms with Crippen LogP contribution in [0.2, 0.25) is 0 Å². The Labute approximate surface area is 187 Å². The Balaban J connectivity index is 1.73. The summed E-state index contributed by atoms with van der Waals surface area (Å²) >= 11 is 0. The van der Waals surface area contributed by atoms with Crippen LogP contribution in [0.5, 0.6) is 11.5 Å². The highest BCUT2D eigenvalue weighted by Crippen LogP contribution is 2.24. The van der Waals surface area contributed by atoms with E-state index in [0.29, 0.717) is 11.3 Å². The van der Waals surface area contributed by atoms with Gasteiger partial charge in [-0.25, -0.2) is 5.43 Å². The van der Waals surface area contributed by atoms with Crippen molar-refractivity contribution >= 4 is 22.2 Å². The van der Waals surface area contributed by atoms with Crippen LogP contribution in [0.1, 0.15) is 22.3 Å². The second-order valence-corrected chi connectivity index (χ2v) is 8.71. The molecule has 1 amide bonds. The Bertz CT molecular complexity index is 1240. The second-order valence-electron chi connectivity index (χ2n) is 7.16. The molecule has 0 bridgehead atoms. The number of benzene rings is 3. The maximum atomic E-state index is 12.7. The van der Waals surface area contributed by atoms with Crippen molar-refractivity contribution in [3.63, 3.8) is 0 Å². The highest BCUT2D eigenvalue weighted by Gasteiger charge is 2.18. The normalized spacial score (nSPS) is 11.3. The highest BCUT2D eigenvalue weighted by atomic mass is 32.2. The third kappa shape index (κ3) is 5.95. The lowest BCUT2D eigenvalue weighted by Gasteiger charge is -2.11. The number of nitrogens with one attached hydrogen (secondary N) is 1. The van der Waals surface area contributed by atoms with Gasteiger partial charge >= 0.3 is 10.1 Å². The summed E-state index contributed by atoms with van der Waals surface area (Å²) in [5.74, 6) is 0.462. The number of amides is 1. The van der Waals surface area contributed by atoms with Crippen molar-refractivity contribution in [2.45, 2.75) is 25.2 Å². The fourth-order valence-electron chi connectivity index (χ4n) is 2.94. The molecule has 0 atom stereocenters. The largest absolute Gasteiger partial charge is 0.497 e. The summed E-state index contributed by atoms with van der Waals surface area (Å²) in [6, 6.07) is 18.6. The van der Waals surface area contributed by atoms with E-state index in [9.17, 15) is 13.2 Å². The van der Waals surface area contributed by atoms with E-state index in [1.54, 1.807) is 56.5 Å². The monoisotopic (exact) mass is 452 g/mol. The summed E-state index contributed by atoms with van der Waals surface area (Å²) in [5.41, 5.74) is 5.37. The topological polar surface area (TPSA) is 94.1 Å². The average Bonchev–Trinajstić information content (AvgIpc) is 2.76. The Kier molecular flexibility index (Phi) is 7.27. The van der Waals surface area contributed by atoms with E-state index in [2.05, 4.69) is 10.5 Å². The zero-order valence-electron chi connectivity index (χ0n) is 18.0. The third-order valence-electron chi connectivity index (χ3n) is 4.67. The van der Waals surface area contributed by atoms with Crippen molar-refractivity contribution in [2.75, 3.05) is 7.11 Å². The number of nitrogens with zero attached hydrogens (tertiary/aromatic N) is 1. The van der Waals surface area contributed by atoms with Crippen LogP contribution in [0.25, 0.3) is 0 Å². The molecule has 1 N–H and O–H groups in total. The summed E-state index contributed by atoms with van der Waals surface area (Å²) in [5, 5.41) is 3.99. The molecular weight excluding hydrogens is 428 g/mol. The summed E-state index contributed by atoms with van der Waals surface area (Å²) in [7, 11) is -2.46. The molecule has 0 spiro atoms. The van der Waals surface area contributed by atoms with Crippen molar-refractivity contribution in [3.8, 4) is 11.5 Å². The molecule has 7 nitrogen and oxygen atoms in total. The molecule has 3 rings (SSSR count). The standard InChI is InChI=1S/C24H24N2O5S/c1-17-10-12-21(13-11-17)32(28,29)31-23-9-4-6-18(2)22(23)16-25-26-24(27)15-19-7-5-8-20(14-19)30-3/h4-14,16H,15H2,1-3H3,(H,26,27)/b25-16+. The second kappa shape index (κ2) is 10.1. The van der Waals surface area contributed by atoms with Crippen LogP contribution in [-0.4, -0.2) is 27.6 Å². The molecule has 0 unspecified atom stereocenters. The van der Waals surface area contributed by atoms with Crippen LogP contribution in [0, 0.1) is 13.8 Å². The van der Waals surface area contributed by atoms with Gasteiger partial charge in [0.25, 0.3) is 0 Å². The summed E-state index contributed by atoms with van der Waals surface area (Å²) in [6.45, 7) is 3.67. The predicted molar refractivity (Wildman–Crippen MR) is 123 cm³/mol. The molecular formula is C24H24N2O5S. The Hall–Kier alpha value is -3.65. The van der Waals surface area contributed by atoms with Gasteiger partial charge in [0, 0.05) is 5.56 Å². The molecule has 8 heteroatoms. The average molecular weight is 453 g/mol. The van der Waals surface area contributed by atoms with Crippen LogP contribution >= 0.6 is 0 Å². The Morgan fingerprint density at radius 2 is 1.75 bits per heavy atom. The lowest BCUT2D eigenvalue weighted by molar-refractivity contribution is -0.120. The first-order valence-corrected chi connectivity index (χ1v) is 11.2. The van der Waals surface area contributed by atoms with Crippen molar-refractivity contribution in [3.05, 3.63) is 89.0 Å². The lowest BCUT2D eigenvalue weighted by atomic mass is 10.1. The quantitative estimate of drug-likeness (QED) is 0.319. The number of hydrogen-bond donors (Lipinski definition) is 1. The Morgan fingerprint density at radius 1 is 1.03 bits per heavy atom. The summed E-state index contributed by atoms with van der Waals surface area (Å²) in [6.07, 6.45) is 1.49. The van der Waals surface area contributed by atoms with Crippen LogP contribution < -0.4 is 14.3 Å². The predicted octanol–water partition coefficient (Wildman–Crippen LogP) is 3.77. The van der Waals surface area contributed by atoms with Gasteiger partial charge in [-0.3, -0.25) is 4.79 Å². The van der Waals surface area contributed by atoms with Crippen molar-refractivity contribution in [1.29, 1.82) is 0 Å².